The molecule has 2 aromatic heterocycles. The zero-order chi connectivity index (χ0) is 25.8. The van der Waals surface area contributed by atoms with Gasteiger partial charge in [0, 0.05) is 74.1 Å². The van der Waals surface area contributed by atoms with Gasteiger partial charge in [0.15, 0.2) is 0 Å². The first-order valence-corrected chi connectivity index (χ1v) is 12.8. The quantitative estimate of drug-likeness (QED) is 0.349. The Morgan fingerprint density at radius 2 is 1.84 bits per heavy atom. The predicted octanol–water partition coefficient (Wildman–Crippen LogP) is 4.00. The van der Waals surface area contributed by atoms with Crippen LogP contribution in [0.25, 0.3) is 22.3 Å². The Kier molecular flexibility index (Phi) is 7.52. The van der Waals surface area contributed by atoms with Crippen molar-refractivity contribution < 1.29 is 9.47 Å². The van der Waals surface area contributed by atoms with Crippen LogP contribution in [0.1, 0.15) is 19.3 Å². The number of hydrogen-bond acceptors (Lipinski definition) is 8. The predicted molar refractivity (Wildman–Crippen MR) is 147 cm³/mol. The summed E-state index contributed by atoms with van der Waals surface area (Å²) in [6.45, 7) is 3.68. The molecule has 0 unspecified atom stereocenters. The Hall–Kier alpha value is -3.69. The van der Waals surface area contributed by atoms with Gasteiger partial charge in [0.2, 0.25) is 0 Å². The van der Waals surface area contributed by atoms with Crippen LogP contribution in [0.3, 0.4) is 0 Å². The number of aromatic nitrogens is 4. The fourth-order valence-corrected chi connectivity index (χ4v) is 5.10. The number of likely N-dealkylation sites (tertiary alicyclic amines) is 1. The molecule has 2 N–H and O–H groups in total. The summed E-state index contributed by atoms with van der Waals surface area (Å²) in [4.78, 5) is 14.4. The van der Waals surface area contributed by atoms with Gasteiger partial charge in [-0.2, -0.15) is 5.10 Å². The van der Waals surface area contributed by atoms with Crippen molar-refractivity contribution in [1.82, 2.24) is 24.6 Å². The summed E-state index contributed by atoms with van der Waals surface area (Å²) < 4.78 is 12.9. The SMILES string of the molecule is COc1cc(OC)cc(N(CCCN2CCC[C@@H]2CN)c2ccc3ncc(-c4cnn(C)c4)nc3c2)c1. The minimum absolute atomic E-state index is 0.493. The molecule has 9 nitrogen and oxygen atoms in total. The summed E-state index contributed by atoms with van der Waals surface area (Å²) in [7, 11) is 5.25. The molecule has 2 aromatic carbocycles. The number of benzene rings is 2. The van der Waals surface area contributed by atoms with Gasteiger partial charge in [-0.15, -0.1) is 0 Å². The second-order valence-corrected chi connectivity index (χ2v) is 9.47. The van der Waals surface area contributed by atoms with Crippen LogP contribution < -0.4 is 20.1 Å². The molecule has 37 heavy (non-hydrogen) atoms. The Morgan fingerprint density at radius 1 is 1.03 bits per heavy atom. The number of fused-ring (bicyclic) bond motifs is 1. The summed E-state index contributed by atoms with van der Waals surface area (Å²) in [5.41, 5.74) is 11.5. The second kappa shape index (κ2) is 11.1. The molecule has 1 aliphatic rings. The van der Waals surface area contributed by atoms with Crippen molar-refractivity contribution in [2.45, 2.75) is 25.3 Å². The van der Waals surface area contributed by atoms with E-state index in [4.69, 9.17) is 20.2 Å². The van der Waals surface area contributed by atoms with Crippen LogP contribution in [0.4, 0.5) is 11.4 Å². The smallest absolute Gasteiger partial charge is 0.124 e. The molecule has 9 heteroatoms. The summed E-state index contributed by atoms with van der Waals surface area (Å²) in [6.07, 6.45) is 8.96. The monoisotopic (exact) mass is 501 g/mol. The lowest BCUT2D eigenvalue weighted by atomic mass is 10.1. The van der Waals surface area contributed by atoms with Crippen LogP contribution in [-0.4, -0.2) is 71.1 Å². The van der Waals surface area contributed by atoms with E-state index in [9.17, 15) is 0 Å². The number of nitrogens with zero attached hydrogens (tertiary/aromatic N) is 6. The van der Waals surface area contributed by atoms with Crippen molar-refractivity contribution >= 4 is 22.4 Å². The Bertz CT molecular complexity index is 1330. The highest BCUT2D eigenvalue weighted by Gasteiger charge is 2.23. The second-order valence-electron chi connectivity index (χ2n) is 9.47. The summed E-state index contributed by atoms with van der Waals surface area (Å²) in [5, 5.41) is 4.27. The van der Waals surface area contributed by atoms with Gasteiger partial charge in [-0.25, -0.2) is 4.98 Å². The maximum atomic E-state index is 6.01. The molecular formula is C28H35N7O2. The lowest BCUT2D eigenvalue weighted by Gasteiger charge is -2.28. The highest BCUT2D eigenvalue weighted by Crippen LogP contribution is 2.34. The van der Waals surface area contributed by atoms with E-state index in [-0.39, 0.29) is 0 Å². The summed E-state index contributed by atoms with van der Waals surface area (Å²) >= 11 is 0. The Labute approximate surface area is 217 Å². The van der Waals surface area contributed by atoms with E-state index >= 15 is 0 Å². The van der Waals surface area contributed by atoms with E-state index in [1.165, 1.54) is 12.8 Å². The zero-order valence-electron chi connectivity index (χ0n) is 21.8. The number of methoxy groups -OCH3 is 2. The number of rotatable bonds is 10. The summed E-state index contributed by atoms with van der Waals surface area (Å²) in [5.74, 6) is 1.50. The first kappa shape index (κ1) is 25.0. The molecule has 1 atom stereocenters. The number of aryl methyl sites for hydroxylation is 1. The van der Waals surface area contributed by atoms with E-state index in [1.807, 2.05) is 43.7 Å². The fourth-order valence-electron chi connectivity index (χ4n) is 5.10. The minimum Gasteiger partial charge on any atom is -0.497 e. The lowest BCUT2D eigenvalue weighted by Crippen LogP contribution is -2.37. The lowest BCUT2D eigenvalue weighted by molar-refractivity contribution is 0.257. The topological polar surface area (TPSA) is 94.6 Å². The third-order valence-electron chi connectivity index (χ3n) is 7.08. The molecule has 0 amide bonds. The van der Waals surface area contributed by atoms with Crippen LogP contribution in [0.15, 0.2) is 55.0 Å². The minimum atomic E-state index is 0.493. The van der Waals surface area contributed by atoms with Gasteiger partial charge in [-0.3, -0.25) is 14.6 Å². The van der Waals surface area contributed by atoms with Crippen molar-refractivity contribution in [2.24, 2.45) is 12.8 Å². The van der Waals surface area contributed by atoms with Crippen molar-refractivity contribution in [3.8, 4) is 22.8 Å². The van der Waals surface area contributed by atoms with Crippen LogP contribution in [0.5, 0.6) is 11.5 Å². The Morgan fingerprint density at radius 3 is 2.54 bits per heavy atom. The number of ether oxygens (including phenoxy) is 2. The van der Waals surface area contributed by atoms with Gasteiger partial charge in [0.25, 0.3) is 0 Å². The standard InChI is InChI=1S/C28H35N7O2/c1-33-19-20(17-31-33)28-18-30-26-8-7-21(14-27(26)32-28)35(11-5-10-34-9-4-6-22(34)16-29)23-12-24(36-2)15-25(13-23)37-3/h7-8,12-15,17-19,22H,4-6,9-11,16,29H2,1-3H3/t22-/m1/s1. The van der Waals surface area contributed by atoms with Crippen molar-refractivity contribution in [2.75, 3.05) is 45.3 Å². The average molecular weight is 502 g/mol. The highest BCUT2D eigenvalue weighted by atomic mass is 16.5. The van der Waals surface area contributed by atoms with Crippen molar-refractivity contribution in [1.29, 1.82) is 0 Å². The molecule has 4 aromatic rings. The van der Waals surface area contributed by atoms with Gasteiger partial charge in [-0.05, 0) is 44.0 Å². The van der Waals surface area contributed by atoms with Crippen LogP contribution in [-0.2, 0) is 7.05 Å². The fraction of sp³-hybridized carbons (Fsp3) is 0.393. The first-order chi connectivity index (χ1) is 18.1. The molecule has 0 radical (unpaired) electrons. The van der Waals surface area contributed by atoms with Crippen LogP contribution in [0.2, 0.25) is 0 Å². The van der Waals surface area contributed by atoms with Gasteiger partial charge < -0.3 is 20.1 Å². The van der Waals surface area contributed by atoms with Gasteiger partial charge >= 0.3 is 0 Å². The van der Waals surface area contributed by atoms with E-state index in [1.54, 1.807) is 25.1 Å². The summed E-state index contributed by atoms with van der Waals surface area (Å²) in [6, 6.07) is 12.7. The van der Waals surface area contributed by atoms with E-state index in [0.29, 0.717) is 6.04 Å². The van der Waals surface area contributed by atoms with E-state index in [2.05, 4.69) is 32.0 Å². The van der Waals surface area contributed by atoms with Gasteiger partial charge in [0.05, 0.1) is 43.3 Å². The van der Waals surface area contributed by atoms with E-state index in [0.717, 1.165) is 77.8 Å². The third kappa shape index (κ3) is 5.52. The molecule has 1 fully saturated rings. The van der Waals surface area contributed by atoms with Gasteiger partial charge in [-0.1, -0.05) is 0 Å². The van der Waals surface area contributed by atoms with Gasteiger partial charge in [0.1, 0.15) is 11.5 Å². The zero-order valence-corrected chi connectivity index (χ0v) is 21.8. The van der Waals surface area contributed by atoms with Crippen molar-refractivity contribution in [3.63, 3.8) is 0 Å². The number of hydrogen-bond donors (Lipinski definition) is 1. The third-order valence-corrected chi connectivity index (χ3v) is 7.08. The molecule has 1 aliphatic heterocycles. The first-order valence-electron chi connectivity index (χ1n) is 12.8. The molecule has 3 heterocycles. The Balaban J connectivity index is 1.48. The number of anilines is 2. The normalized spacial score (nSPS) is 15.8. The molecule has 1 saturated heterocycles. The largest absolute Gasteiger partial charge is 0.497 e. The van der Waals surface area contributed by atoms with Crippen LogP contribution in [0, 0.1) is 0 Å². The van der Waals surface area contributed by atoms with Crippen molar-refractivity contribution in [3.05, 3.63) is 55.0 Å². The molecule has 0 spiro atoms. The molecule has 0 bridgehead atoms. The molecule has 5 rings (SSSR count). The molecular weight excluding hydrogens is 466 g/mol. The molecule has 0 saturated carbocycles. The van der Waals surface area contributed by atoms with Crippen LogP contribution >= 0.6 is 0 Å². The van der Waals surface area contributed by atoms with E-state index < -0.39 is 0 Å². The maximum absolute atomic E-state index is 6.01. The molecule has 194 valence electrons. The molecule has 0 aliphatic carbocycles. The average Bonchev–Trinajstić information content (AvgIpc) is 3.58. The highest BCUT2D eigenvalue weighted by molar-refractivity contribution is 5.82. The number of nitrogens with two attached hydrogens (primary N) is 1. The maximum Gasteiger partial charge on any atom is 0.124 e.